The normalized spacial score (nSPS) is 10.9. The van der Waals surface area contributed by atoms with Crippen LogP contribution >= 0.6 is 11.3 Å². The first-order valence-electron chi connectivity index (χ1n) is 8.44. The molecule has 9 heteroatoms. The molecule has 2 heterocycles. The summed E-state index contributed by atoms with van der Waals surface area (Å²) in [4.78, 5) is 20.9. The summed E-state index contributed by atoms with van der Waals surface area (Å²) in [6.45, 7) is 0. The molecule has 0 bridgehead atoms. The van der Waals surface area contributed by atoms with E-state index >= 15 is 0 Å². The van der Waals surface area contributed by atoms with E-state index in [1.165, 1.54) is 23.5 Å². The smallest absolute Gasteiger partial charge is 0.227 e. The number of aromatic nitrogens is 3. The molecule has 0 spiro atoms. The molecule has 142 valence electrons. The molecule has 2 aromatic heterocycles. The van der Waals surface area contributed by atoms with Crippen LogP contribution in [0.5, 0.6) is 5.75 Å². The highest BCUT2D eigenvalue weighted by molar-refractivity contribution is 7.22. The van der Waals surface area contributed by atoms with E-state index in [1.54, 1.807) is 19.2 Å². The highest BCUT2D eigenvalue weighted by Crippen LogP contribution is 2.32. The number of fused-ring (bicyclic) bond motifs is 1. The molecule has 2 aromatic carbocycles. The number of anilines is 1. The molecule has 0 saturated carbocycles. The number of nitrogens with one attached hydrogen (secondary N) is 1. The lowest BCUT2D eigenvalue weighted by Crippen LogP contribution is -2.12. The second-order valence-electron chi connectivity index (χ2n) is 5.89. The summed E-state index contributed by atoms with van der Waals surface area (Å²) in [7, 11) is 1.58. The van der Waals surface area contributed by atoms with Crippen LogP contribution in [0, 0.1) is 5.82 Å². The van der Waals surface area contributed by atoms with Crippen molar-refractivity contribution < 1.29 is 18.4 Å². The molecule has 1 N–H and O–H groups in total. The Bertz CT molecular complexity index is 1120. The number of amides is 1. The Morgan fingerprint density at radius 2 is 2.04 bits per heavy atom. The highest BCUT2D eigenvalue weighted by atomic mass is 32.1. The Kier molecular flexibility index (Phi) is 4.98. The quantitative estimate of drug-likeness (QED) is 0.527. The predicted octanol–water partition coefficient (Wildman–Crippen LogP) is 4.07. The van der Waals surface area contributed by atoms with Gasteiger partial charge in [0, 0.05) is 18.4 Å². The molecule has 28 heavy (non-hydrogen) atoms. The van der Waals surface area contributed by atoms with Crippen molar-refractivity contribution in [1.82, 2.24) is 15.1 Å². The number of hydrogen-bond acceptors (Lipinski definition) is 7. The van der Waals surface area contributed by atoms with E-state index < -0.39 is 0 Å². The van der Waals surface area contributed by atoms with Gasteiger partial charge in [0.2, 0.25) is 17.6 Å². The average Bonchev–Trinajstić information content (AvgIpc) is 3.33. The van der Waals surface area contributed by atoms with Crippen molar-refractivity contribution in [2.45, 2.75) is 12.8 Å². The van der Waals surface area contributed by atoms with Gasteiger partial charge in [0.05, 0.1) is 11.8 Å². The Labute approximate surface area is 163 Å². The molecule has 0 aliphatic heterocycles. The van der Waals surface area contributed by atoms with Crippen LogP contribution in [0.1, 0.15) is 12.3 Å². The third-order valence-electron chi connectivity index (χ3n) is 3.98. The Balaban J connectivity index is 1.38. The minimum atomic E-state index is -0.336. The standard InChI is InChI=1S/C19H15FN4O3S/c1-26-13-3-2-4-14-17(13)23-19(28-14)21-15(25)9-10-16-22-18(24-27-16)11-5-7-12(20)8-6-11/h2-8H,9-10H2,1H3,(H,21,23,25). The van der Waals surface area contributed by atoms with Gasteiger partial charge in [0.15, 0.2) is 5.13 Å². The van der Waals surface area contributed by atoms with Gasteiger partial charge in [-0.2, -0.15) is 4.98 Å². The maximum absolute atomic E-state index is 13.0. The zero-order valence-electron chi connectivity index (χ0n) is 14.8. The minimum Gasteiger partial charge on any atom is -0.494 e. The Morgan fingerprint density at radius 1 is 1.21 bits per heavy atom. The first-order valence-corrected chi connectivity index (χ1v) is 9.26. The number of carbonyl (C=O) groups is 1. The molecular formula is C19H15FN4O3S. The number of aryl methyl sites for hydroxylation is 1. The van der Waals surface area contributed by atoms with E-state index in [0.29, 0.717) is 33.7 Å². The van der Waals surface area contributed by atoms with Crippen molar-refractivity contribution in [2.75, 3.05) is 12.4 Å². The van der Waals surface area contributed by atoms with Crippen molar-refractivity contribution in [2.24, 2.45) is 0 Å². The number of benzene rings is 2. The van der Waals surface area contributed by atoms with Gasteiger partial charge in [-0.25, -0.2) is 9.37 Å². The van der Waals surface area contributed by atoms with Crippen LogP contribution in [0.3, 0.4) is 0 Å². The van der Waals surface area contributed by atoms with Gasteiger partial charge in [-0.3, -0.25) is 4.79 Å². The van der Waals surface area contributed by atoms with Crippen LogP contribution < -0.4 is 10.1 Å². The second-order valence-corrected chi connectivity index (χ2v) is 6.92. The molecule has 0 radical (unpaired) electrons. The van der Waals surface area contributed by atoms with Gasteiger partial charge in [0.25, 0.3) is 0 Å². The number of carbonyl (C=O) groups excluding carboxylic acids is 1. The lowest BCUT2D eigenvalue weighted by atomic mass is 10.2. The van der Waals surface area contributed by atoms with Gasteiger partial charge in [0.1, 0.15) is 17.1 Å². The lowest BCUT2D eigenvalue weighted by Gasteiger charge is -1.99. The fourth-order valence-corrected chi connectivity index (χ4v) is 3.52. The SMILES string of the molecule is COc1cccc2sc(NC(=O)CCc3nc(-c4ccc(F)cc4)no3)nc12. The summed E-state index contributed by atoms with van der Waals surface area (Å²) >= 11 is 1.37. The molecular weight excluding hydrogens is 383 g/mol. The van der Waals surface area contributed by atoms with E-state index in [4.69, 9.17) is 9.26 Å². The van der Waals surface area contributed by atoms with Crippen LogP contribution in [-0.4, -0.2) is 28.1 Å². The van der Waals surface area contributed by atoms with Crippen molar-refractivity contribution in [1.29, 1.82) is 0 Å². The van der Waals surface area contributed by atoms with E-state index in [9.17, 15) is 9.18 Å². The van der Waals surface area contributed by atoms with Crippen LogP contribution in [0.25, 0.3) is 21.6 Å². The molecule has 0 saturated heterocycles. The van der Waals surface area contributed by atoms with Crippen molar-refractivity contribution in [3.05, 3.63) is 54.2 Å². The van der Waals surface area contributed by atoms with Crippen LogP contribution in [0.4, 0.5) is 9.52 Å². The van der Waals surface area contributed by atoms with Gasteiger partial charge in [-0.05, 0) is 36.4 Å². The molecule has 0 fully saturated rings. The minimum absolute atomic E-state index is 0.165. The van der Waals surface area contributed by atoms with Crippen molar-refractivity contribution >= 4 is 32.6 Å². The summed E-state index contributed by atoms with van der Waals surface area (Å²) in [6, 6.07) is 11.4. The summed E-state index contributed by atoms with van der Waals surface area (Å²) in [6.07, 6.45) is 0.451. The zero-order chi connectivity index (χ0) is 19.5. The molecule has 1 amide bonds. The van der Waals surface area contributed by atoms with Crippen LogP contribution in [0.15, 0.2) is 47.0 Å². The number of nitrogens with zero attached hydrogens (tertiary/aromatic N) is 3. The van der Waals surface area contributed by atoms with Crippen LogP contribution in [0.2, 0.25) is 0 Å². The molecule has 7 nitrogen and oxygen atoms in total. The van der Waals surface area contributed by atoms with Crippen LogP contribution in [-0.2, 0) is 11.2 Å². The molecule has 0 atom stereocenters. The number of methoxy groups -OCH3 is 1. The summed E-state index contributed by atoms with van der Waals surface area (Å²) in [5.74, 6) is 0.804. The summed E-state index contributed by atoms with van der Waals surface area (Å²) < 4.78 is 24.4. The maximum Gasteiger partial charge on any atom is 0.227 e. The summed E-state index contributed by atoms with van der Waals surface area (Å²) in [5, 5.41) is 7.14. The first kappa shape index (κ1) is 18.1. The fourth-order valence-electron chi connectivity index (χ4n) is 2.62. The molecule has 0 aliphatic rings. The van der Waals surface area contributed by atoms with E-state index in [1.807, 2.05) is 18.2 Å². The lowest BCUT2D eigenvalue weighted by molar-refractivity contribution is -0.116. The molecule has 4 rings (SSSR count). The first-order chi connectivity index (χ1) is 13.6. The van der Waals surface area contributed by atoms with E-state index in [0.717, 1.165) is 4.70 Å². The molecule has 0 unspecified atom stereocenters. The van der Waals surface area contributed by atoms with Crippen molar-refractivity contribution in [3.8, 4) is 17.1 Å². The zero-order valence-corrected chi connectivity index (χ0v) is 15.6. The number of halogens is 1. The van der Waals surface area contributed by atoms with E-state index in [2.05, 4.69) is 20.4 Å². The highest BCUT2D eigenvalue weighted by Gasteiger charge is 2.13. The number of rotatable bonds is 6. The fraction of sp³-hybridized carbons (Fsp3) is 0.158. The second kappa shape index (κ2) is 7.73. The van der Waals surface area contributed by atoms with Crippen molar-refractivity contribution in [3.63, 3.8) is 0 Å². The Hall–Kier alpha value is -3.33. The van der Waals surface area contributed by atoms with Gasteiger partial charge in [-0.15, -0.1) is 0 Å². The van der Waals surface area contributed by atoms with E-state index in [-0.39, 0.29) is 24.6 Å². The van der Waals surface area contributed by atoms with Gasteiger partial charge >= 0.3 is 0 Å². The molecule has 0 aliphatic carbocycles. The third-order valence-corrected chi connectivity index (χ3v) is 4.92. The Morgan fingerprint density at radius 3 is 2.82 bits per heavy atom. The molecule has 4 aromatic rings. The van der Waals surface area contributed by atoms with Gasteiger partial charge < -0.3 is 14.6 Å². The third kappa shape index (κ3) is 3.84. The maximum atomic E-state index is 13.0. The average molecular weight is 398 g/mol. The number of ether oxygens (including phenoxy) is 1. The largest absolute Gasteiger partial charge is 0.494 e. The van der Waals surface area contributed by atoms with Gasteiger partial charge in [-0.1, -0.05) is 22.6 Å². The number of para-hydroxylation sites is 1. The number of thiazole rings is 1. The monoisotopic (exact) mass is 398 g/mol. The predicted molar refractivity (Wildman–Crippen MR) is 103 cm³/mol. The topological polar surface area (TPSA) is 90.1 Å². The number of hydrogen-bond donors (Lipinski definition) is 1. The summed E-state index contributed by atoms with van der Waals surface area (Å²) in [5.41, 5.74) is 1.36.